The highest BCUT2D eigenvalue weighted by atomic mass is 16.2. The molecule has 0 saturated carbocycles. The van der Waals surface area contributed by atoms with E-state index in [2.05, 4.69) is 10.6 Å². The number of hydrogen-bond acceptors (Lipinski definition) is 2. The number of carbonyl (C=O) groups is 2. The molecule has 0 bridgehead atoms. The normalized spacial score (nSPS) is 14.6. The van der Waals surface area contributed by atoms with Crippen LogP contribution in [0.2, 0.25) is 0 Å². The summed E-state index contributed by atoms with van der Waals surface area (Å²) in [6.07, 6.45) is 5.68. The van der Waals surface area contributed by atoms with Crippen molar-refractivity contribution in [3.63, 3.8) is 0 Å². The van der Waals surface area contributed by atoms with Crippen LogP contribution in [0.3, 0.4) is 0 Å². The minimum Gasteiger partial charge on any atom is -0.350 e. The summed E-state index contributed by atoms with van der Waals surface area (Å²) in [6, 6.07) is 7.07. The average Bonchev–Trinajstić information content (AvgIpc) is 2.92. The molecule has 2 N–H and O–H groups in total. The molecule has 0 saturated heterocycles. The van der Waals surface area contributed by atoms with E-state index in [1.54, 1.807) is 24.3 Å². The Morgan fingerprint density at radius 2 is 1.70 bits per heavy atom. The Kier molecular flexibility index (Phi) is 4.56. The highest BCUT2D eigenvalue weighted by Gasteiger charge is 2.19. The van der Waals surface area contributed by atoms with Gasteiger partial charge >= 0.3 is 0 Å². The van der Waals surface area contributed by atoms with Crippen LogP contribution in [0, 0.1) is 5.92 Å². The van der Waals surface area contributed by atoms with Crippen molar-refractivity contribution >= 4 is 17.5 Å². The highest BCUT2D eigenvalue weighted by Crippen LogP contribution is 2.20. The second kappa shape index (κ2) is 6.37. The zero-order chi connectivity index (χ0) is 14.5. The van der Waals surface area contributed by atoms with Gasteiger partial charge in [0.25, 0.3) is 5.91 Å². The number of rotatable bonds is 4. The minimum atomic E-state index is -0.0992. The van der Waals surface area contributed by atoms with Gasteiger partial charge in [-0.05, 0) is 51.0 Å². The average molecular weight is 272 g/mol. The molecule has 1 aliphatic rings. The van der Waals surface area contributed by atoms with E-state index in [1.165, 1.54) is 0 Å². The molecule has 4 nitrogen and oxygen atoms in total. The summed E-state index contributed by atoms with van der Waals surface area (Å²) in [5, 5.41) is 5.71. The molecule has 2 rings (SSSR count). The van der Waals surface area contributed by atoms with E-state index < -0.39 is 0 Å². The summed E-state index contributed by atoms with van der Waals surface area (Å²) in [7, 11) is 0. The molecule has 0 fully saturated rings. The van der Waals surface area contributed by atoms with Gasteiger partial charge in [0.2, 0.25) is 5.91 Å². The molecule has 106 valence electrons. The maximum atomic E-state index is 11.9. The second-order valence-electron chi connectivity index (χ2n) is 5.33. The standard InChI is InChI=1S/C16H20N2O2/c1-11(2)17-15(19)13-7-9-14(10-8-13)18-16(20)12-5-3-4-6-12/h3-4,7-12H,5-6H2,1-2H3,(H,17,19)(H,18,20). The quantitative estimate of drug-likeness (QED) is 0.828. The van der Waals surface area contributed by atoms with Crippen LogP contribution in [-0.4, -0.2) is 17.9 Å². The van der Waals surface area contributed by atoms with Crippen LogP contribution in [0.5, 0.6) is 0 Å². The molecule has 20 heavy (non-hydrogen) atoms. The number of benzene rings is 1. The van der Waals surface area contributed by atoms with E-state index >= 15 is 0 Å². The molecular formula is C16H20N2O2. The first kappa shape index (κ1) is 14.3. The third-order valence-electron chi connectivity index (χ3n) is 3.21. The van der Waals surface area contributed by atoms with E-state index in [1.807, 2.05) is 26.0 Å². The van der Waals surface area contributed by atoms with Gasteiger partial charge in [-0.15, -0.1) is 0 Å². The van der Waals surface area contributed by atoms with Crippen LogP contribution in [0.1, 0.15) is 37.0 Å². The van der Waals surface area contributed by atoms with Gasteiger partial charge in [0, 0.05) is 23.2 Å². The number of carbonyl (C=O) groups excluding carboxylic acids is 2. The van der Waals surface area contributed by atoms with Gasteiger partial charge in [-0.25, -0.2) is 0 Å². The SMILES string of the molecule is CC(C)NC(=O)c1ccc(NC(=O)C2CC=CC2)cc1. The fourth-order valence-corrected chi connectivity index (χ4v) is 2.13. The van der Waals surface area contributed by atoms with Crippen LogP contribution < -0.4 is 10.6 Å². The molecule has 0 aliphatic heterocycles. The summed E-state index contributed by atoms with van der Waals surface area (Å²) < 4.78 is 0. The lowest BCUT2D eigenvalue weighted by molar-refractivity contribution is -0.119. The number of allylic oxidation sites excluding steroid dienone is 2. The smallest absolute Gasteiger partial charge is 0.251 e. The van der Waals surface area contributed by atoms with Crippen LogP contribution in [0.4, 0.5) is 5.69 Å². The number of hydrogen-bond donors (Lipinski definition) is 2. The van der Waals surface area contributed by atoms with Crippen molar-refractivity contribution in [2.24, 2.45) is 5.92 Å². The van der Waals surface area contributed by atoms with Gasteiger partial charge < -0.3 is 10.6 Å². The van der Waals surface area contributed by atoms with E-state index in [-0.39, 0.29) is 23.8 Å². The molecule has 0 radical (unpaired) electrons. The van der Waals surface area contributed by atoms with Crippen LogP contribution in [-0.2, 0) is 4.79 Å². The molecule has 0 spiro atoms. The number of nitrogens with one attached hydrogen (secondary N) is 2. The molecule has 2 amide bonds. The maximum absolute atomic E-state index is 11.9. The fourth-order valence-electron chi connectivity index (χ4n) is 2.13. The zero-order valence-corrected chi connectivity index (χ0v) is 11.8. The number of amides is 2. The van der Waals surface area contributed by atoms with E-state index in [9.17, 15) is 9.59 Å². The molecule has 1 aromatic carbocycles. The predicted octanol–water partition coefficient (Wildman–Crippen LogP) is 2.73. The molecule has 0 aromatic heterocycles. The van der Waals surface area contributed by atoms with Gasteiger partial charge in [0.15, 0.2) is 0 Å². The Hall–Kier alpha value is -2.10. The maximum Gasteiger partial charge on any atom is 0.251 e. The summed E-state index contributed by atoms with van der Waals surface area (Å²) >= 11 is 0. The molecule has 0 unspecified atom stereocenters. The molecule has 1 aliphatic carbocycles. The molecule has 4 heteroatoms. The van der Waals surface area contributed by atoms with Crippen molar-refractivity contribution in [2.45, 2.75) is 32.7 Å². The fraction of sp³-hybridized carbons (Fsp3) is 0.375. The highest BCUT2D eigenvalue weighted by molar-refractivity contribution is 5.96. The Balaban J connectivity index is 1.94. The Morgan fingerprint density at radius 3 is 2.25 bits per heavy atom. The lowest BCUT2D eigenvalue weighted by atomic mass is 10.1. The minimum absolute atomic E-state index is 0.0365. The van der Waals surface area contributed by atoms with Crippen molar-refractivity contribution < 1.29 is 9.59 Å². The third kappa shape index (κ3) is 3.70. The molecule has 0 atom stereocenters. The Morgan fingerprint density at radius 1 is 1.10 bits per heavy atom. The van der Waals surface area contributed by atoms with E-state index in [4.69, 9.17) is 0 Å². The van der Waals surface area contributed by atoms with E-state index in [0.717, 1.165) is 18.5 Å². The van der Waals surface area contributed by atoms with Crippen LogP contribution in [0.15, 0.2) is 36.4 Å². The first-order valence-electron chi connectivity index (χ1n) is 6.93. The third-order valence-corrected chi connectivity index (χ3v) is 3.21. The van der Waals surface area contributed by atoms with Crippen LogP contribution in [0.25, 0.3) is 0 Å². The van der Waals surface area contributed by atoms with E-state index in [0.29, 0.717) is 5.56 Å². The van der Waals surface area contributed by atoms with Gasteiger partial charge in [0.1, 0.15) is 0 Å². The molecular weight excluding hydrogens is 252 g/mol. The first-order chi connectivity index (χ1) is 9.56. The van der Waals surface area contributed by atoms with Crippen molar-refractivity contribution in [1.82, 2.24) is 5.32 Å². The molecule has 1 aromatic rings. The zero-order valence-electron chi connectivity index (χ0n) is 11.8. The van der Waals surface area contributed by atoms with Crippen molar-refractivity contribution in [1.29, 1.82) is 0 Å². The van der Waals surface area contributed by atoms with Crippen LogP contribution >= 0.6 is 0 Å². The van der Waals surface area contributed by atoms with Gasteiger partial charge in [-0.3, -0.25) is 9.59 Å². The summed E-state index contributed by atoms with van der Waals surface area (Å²) in [5.74, 6) is -0.0221. The van der Waals surface area contributed by atoms with Gasteiger partial charge in [0.05, 0.1) is 0 Å². The lowest BCUT2D eigenvalue weighted by Gasteiger charge is -2.11. The largest absolute Gasteiger partial charge is 0.350 e. The van der Waals surface area contributed by atoms with Gasteiger partial charge in [-0.2, -0.15) is 0 Å². The lowest BCUT2D eigenvalue weighted by Crippen LogP contribution is -2.30. The molecule has 0 heterocycles. The Labute approximate surface area is 119 Å². The monoisotopic (exact) mass is 272 g/mol. The van der Waals surface area contributed by atoms with Crippen molar-refractivity contribution in [3.05, 3.63) is 42.0 Å². The number of anilines is 1. The second-order valence-corrected chi connectivity index (χ2v) is 5.33. The van der Waals surface area contributed by atoms with Crippen molar-refractivity contribution in [2.75, 3.05) is 5.32 Å². The summed E-state index contributed by atoms with van der Waals surface area (Å²) in [6.45, 7) is 3.84. The van der Waals surface area contributed by atoms with Gasteiger partial charge in [-0.1, -0.05) is 12.2 Å². The summed E-state index contributed by atoms with van der Waals surface area (Å²) in [4.78, 5) is 23.7. The first-order valence-corrected chi connectivity index (χ1v) is 6.93. The Bertz CT molecular complexity index is 510. The predicted molar refractivity (Wildman–Crippen MR) is 79.5 cm³/mol. The topological polar surface area (TPSA) is 58.2 Å². The van der Waals surface area contributed by atoms with Crippen molar-refractivity contribution in [3.8, 4) is 0 Å². The summed E-state index contributed by atoms with van der Waals surface area (Å²) in [5.41, 5.74) is 1.32.